The number of benzene rings is 3. The number of aromatic nitrogens is 3. The fourth-order valence-electron chi connectivity index (χ4n) is 3.01. The van der Waals surface area contributed by atoms with Crippen LogP contribution in [-0.2, 0) is 0 Å². The first kappa shape index (κ1) is 15.8. The lowest BCUT2D eigenvalue weighted by molar-refractivity contribution is 0.0988. The second-order valence-electron chi connectivity index (χ2n) is 5.82. The predicted octanol–water partition coefficient (Wildman–Crippen LogP) is 3.70. The largest absolute Gasteiger partial charge is 0.363 e. The number of hydrogen-bond acceptors (Lipinski definition) is 3. The molecule has 0 aliphatic rings. The van der Waals surface area contributed by atoms with Crippen LogP contribution in [-0.4, -0.2) is 20.7 Å². The van der Waals surface area contributed by atoms with E-state index in [0.29, 0.717) is 0 Å². The fourth-order valence-corrected chi connectivity index (χ4v) is 3.01. The van der Waals surface area contributed by atoms with Gasteiger partial charge in [-0.2, -0.15) is 5.10 Å². The SMILES string of the molecule is NC(=O)c1ncnn1-c1cccc(-c2ccccc2-c2ccccc2)c1. The van der Waals surface area contributed by atoms with E-state index >= 15 is 0 Å². The van der Waals surface area contributed by atoms with Gasteiger partial charge in [0.05, 0.1) is 5.69 Å². The molecule has 1 aromatic heterocycles. The monoisotopic (exact) mass is 340 g/mol. The Hall–Kier alpha value is -3.73. The molecule has 5 nitrogen and oxygen atoms in total. The lowest BCUT2D eigenvalue weighted by Gasteiger charge is -2.12. The summed E-state index contributed by atoms with van der Waals surface area (Å²) in [7, 11) is 0. The molecule has 2 N–H and O–H groups in total. The van der Waals surface area contributed by atoms with Crippen molar-refractivity contribution < 1.29 is 4.79 Å². The van der Waals surface area contributed by atoms with Gasteiger partial charge < -0.3 is 5.73 Å². The molecule has 4 aromatic rings. The zero-order chi connectivity index (χ0) is 17.9. The van der Waals surface area contributed by atoms with Gasteiger partial charge in [0.1, 0.15) is 6.33 Å². The first-order valence-electron chi connectivity index (χ1n) is 8.19. The molecule has 0 bridgehead atoms. The van der Waals surface area contributed by atoms with Crippen LogP contribution in [0.3, 0.4) is 0 Å². The zero-order valence-corrected chi connectivity index (χ0v) is 13.9. The molecule has 4 rings (SSSR count). The Bertz CT molecular complexity index is 1070. The van der Waals surface area contributed by atoms with Crippen molar-refractivity contribution in [3.8, 4) is 27.9 Å². The smallest absolute Gasteiger partial charge is 0.286 e. The molecule has 0 unspecified atom stereocenters. The Labute approximate surface area is 150 Å². The number of primary amides is 1. The third kappa shape index (κ3) is 2.86. The molecule has 0 atom stereocenters. The normalized spacial score (nSPS) is 10.6. The van der Waals surface area contributed by atoms with E-state index in [1.54, 1.807) is 0 Å². The van der Waals surface area contributed by atoms with Crippen LogP contribution < -0.4 is 5.73 Å². The minimum Gasteiger partial charge on any atom is -0.363 e. The van der Waals surface area contributed by atoms with Gasteiger partial charge in [-0.3, -0.25) is 4.79 Å². The highest BCUT2D eigenvalue weighted by molar-refractivity contribution is 5.90. The summed E-state index contributed by atoms with van der Waals surface area (Å²) in [6.45, 7) is 0. The highest BCUT2D eigenvalue weighted by atomic mass is 16.1. The maximum atomic E-state index is 11.5. The number of hydrogen-bond donors (Lipinski definition) is 1. The third-order valence-corrected chi connectivity index (χ3v) is 4.18. The number of amides is 1. The van der Waals surface area contributed by atoms with Crippen LogP contribution in [0.15, 0.2) is 85.2 Å². The van der Waals surface area contributed by atoms with Crippen molar-refractivity contribution in [2.75, 3.05) is 0 Å². The molecule has 0 fully saturated rings. The second kappa shape index (κ2) is 6.64. The van der Waals surface area contributed by atoms with Crippen molar-refractivity contribution in [2.45, 2.75) is 0 Å². The molecule has 3 aromatic carbocycles. The van der Waals surface area contributed by atoms with Crippen molar-refractivity contribution in [1.29, 1.82) is 0 Å². The number of rotatable bonds is 4. The van der Waals surface area contributed by atoms with Crippen LogP contribution in [0.2, 0.25) is 0 Å². The summed E-state index contributed by atoms with van der Waals surface area (Å²) in [6, 6.07) is 26.3. The Morgan fingerprint density at radius 2 is 1.46 bits per heavy atom. The van der Waals surface area contributed by atoms with E-state index in [1.807, 2.05) is 54.6 Å². The van der Waals surface area contributed by atoms with Gasteiger partial charge >= 0.3 is 0 Å². The van der Waals surface area contributed by atoms with Gasteiger partial charge in [0.15, 0.2) is 0 Å². The Kier molecular flexibility index (Phi) is 4.03. The molecule has 0 aliphatic carbocycles. The van der Waals surface area contributed by atoms with Crippen molar-refractivity contribution in [1.82, 2.24) is 14.8 Å². The van der Waals surface area contributed by atoms with Crippen LogP contribution in [0, 0.1) is 0 Å². The highest BCUT2D eigenvalue weighted by Gasteiger charge is 2.13. The summed E-state index contributed by atoms with van der Waals surface area (Å²) < 4.78 is 1.46. The van der Waals surface area contributed by atoms with Crippen molar-refractivity contribution in [2.24, 2.45) is 5.73 Å². The number of nitrogens with two attached hydrogens (primary N) is 1. The summed E-state index contributed by atoms with van der Waals surface area (Å²) >= 11 is 0. The Balaban J connectivity index is 1.84. The van der Waals surface area contributed by atoms with Crippen LogP contribution in [0.4, 0.5) is 0 Å². The molecule has 1 amide bonds. The third-order valence-electron chi connectivity index (χ3n) is 4.18. The maximum Gasteiger partial charge on any atom is 0.286 e. The molecule has 1 heterocycles. The van der Waals surface area contributed by atoms with Gasteiger partial charge in [-0.25, -0.2) is 9.67 Å². The summed E-state index contributed by atoms with van der Waals surface area (Å²) in [5.74, 6) is -0.504. The topological polar surface area (TPSA) is 73.8 Å². The quantitative estimate of drug-likeness (QED) is 0.615. The van der Waals surface area contributed by atoms with E-state index in [9.17, 15) is 4.79 Å². The van der Waals surface area contributed by atoms with Crippen molar-refractivity contribution in [3.63, 3.8) is 0 Å². The van der Waals surface area contributed by atoms with E-state index in [4.69, 9.17) is 5.73 Å². The van der Waals surface area contributed by atoms with E-state index in [0.717, 1.165) is 27.9 Å². The van der Waals surface area contributed by atoms with E-state index in [1.165, 1.54) is 11.0 Å². The molecular formula is C21H16N4O. The average Bonchev–Trinajstić information content (AvgIpc) is 3.19. The maximum absolute atomic E-state index is 11.5. The van der Waals surface area contributed by atoms with E-state index < -0.39 is 5.91 Å². The minimum atomic E-state index is -0.613. The first-order valence-corrected chi connectivity index (χ1v) is 8.19. The summed E-state index contributed by atoms with van der Waals surface area (Å²) in [6.07, 6.45) is 1.32. The second-order valence-corrected chi connectivity index (χ2v) is 5.82. The molecule has 0 radical (unpaired) electrons. The van der Waals surface area contributed by atoms with E-state index in [-0.39, 0.29) is 5.82 Å². The molecule has 126 valence electrons. The van der Waals surface area contributed by atoms with Gasteiger partial charge in [-0.15, -0.1) is 0 Å². The minimum absolute atomic E-state index is 0.110. The Morgan fingerprint density at radius 1 is 0.808 bits per heavy atom. The van der Waals surface area contributed by atoms with E-state index in [2.05, 4.69) is 34.3 Å². The molecular weight excluding hydrogens is 324 g/mol. The molecule has 26 heavy (non-hydrogen) atoms. The summed E-state index contributed by atoms with van der Waals surface area (Å²) in [5.41, 5.74) is 10.5. The van der Waals surface area contributed by atoms with Crippen LogP contribution in [0.1, 0.15) is 10.6 Å². The fraction of sp³-hybridized carbons (Fsp3) is 0. The van der Waals surface area contributed by atoms with Gasteiger partial charge in [0.25, 0.3) is 5.91 Å². The van der Waals surface area contributed by atoms with Crippen LogP contribution >= 0.6 is 0 Å². The van der Waals surface area contributed by atoms with Gasteiger partial charge in [0, 0.05) is 0 Å². The summed E-state index contributed by atoms with van der Waals surface area (Å²) in [4.78, 5) is 15.5. The van der Waals surface area contributed by atoms with Gasteiger partial charge in [-0.05, 0) is 34.4 Å². The van der Waals surface area contributed by atoms with Gasteiger partial charge in [0.2, 0.25) is 5.82 Å². The average molecular weight is 340 g/mol. The van der Waals surface area contributed by atoms with Crippen molar-refractivity contribution in [3.05, 3.63) is 91.0 Å². The lowest BCUT2D eigenvalue weighted by atomic mass is 9.94. The van der Waals surface area contributed by atoms with Crippen molar-refractivity contribution >= 4 is 5.91 Å². The first-order chi connectivity index (χ1) is 12.7. The lowest BCUT2D eigenvalue weighted by Crippen LogP contribution is -2.18. The zero-order valence-electron chi connectivity index (χ0n) is 13.9. The predicted molar refractivity (Wildman–Crippen MR) is 101 cm³/mol. The van der Waals surface area contributed by atoms with Crippen LogP contribution in [0.5, 0.6) is 0 Å². The Morgan fingerprint density at radius 3 is 2.19 bits per heavy atom. The molecule has 0 saturated carbocycles. The van der Waals surface area contributed by atoms with Gasteiger partial charge in [-0.1, -0.05) is 66.7 Å². The molecule has 5 heteroatoms. The molecule has 0 aliphatic heterocycles. The highest BCUT2D eigenvalue weighted by Crippen LogP contribution is 2.32. The molecule has 0 spiro atoms. The number of carbonyl (C=O) groups is 1. The standard InChI is InChI=1S/C21H16N4O/c22-20(26)21-23-14-24-25(21)17-10-6-9-16(13-17)19-12-5-4-11-18(19)15-7-2-1-3-8-15/h1-14H,(H2,22,26). The summed E-state index contributed by atoms with van der Waals surface area (Å²) in [5, 5.41) is 4.13. The number of carbonyl (C=O) groups excluding carboxylic acids is 1. The van der Waals surface area contributed by atoms with Crippen LogP contribution in [0.25, 0.3) is 27.9 Å². The molecule has 0 saturated heterocycles. The number of nitrogens with zero attached hydrogens (tertiary/aromatic N) is 3.